The minimum Gasteiger partial charge on any atom is -0.439 e. The molecule has 0 unspecified atom stereocenters. The molecule has 1 fully saturated rings. The number of hydrogen-bond acceptors (Lipinski definition) is 4. The van der Waals surface area contributed by atoms with Crippen molar-refractivity contribution in [3.63, 3.8) is 0 Å². The first-order valence-corrected chi connectivity index (χ1v) is 9.64. The molecule has 0 saturated carbocycles. The molecule has 7 heteroatoms. The third kappa shape index (κ3) is 5.42. The third-order valence-corrected chi connectivity index (χ3v) is 4.65. The summed E-state index contributed by atoms with van der Waals surface area (Å²) < 4.78 is 24.9. The van der Waals surface area contributed by atoms with Crippen molar-refractivity contribution in [3.05, 3.63) is 54.0 Å². The molecule has 28 heavy (non-hydrogen) atoms. The Labute approximate surface area is 165 Å². The Kier molecular flexibility index (Phi) is 7.19. The number of hydrogen-bond donors (Lipinski definition) is 1. The highest BCUT2D eigenvalue weighted by molar-refractivity contribution is 5.80. The standard InChI is InChI=1S/C21H27FN4O2/c1-3-27-18-9-12-26(13-10-18)21(23-2)25-15-16-6-5-11-24-20(16)28-19-8-4-7-17(22)14-19/h4-8,11,14,18H,3,9-10,12-13,15H2,1-2H3,(H,23,25). The number of nitrogens with one attached hydrogen (secondary N) is 1. The van der Waals surface area contributed by atoms with Crippen molar-refractivity contribution in [3.8, 4) is 11.6 Å². The van der Waals surface area contributed by atoms with Crippen molar-refractivity contribution in [1.82, 2.24) is 15.2 Å². The van der Waals surface area contributed by atoms with E-state index >= 15 is 0 Å². The summed E-state index contributed by atoms with van der Waals surface area (Å²) in [6.07, 6.45) is 3.99. The summed E-state index contributed by atoms with van der Waals surface area (Å²) in [6, 6.07) is 9.82. The van der Waals surface area contributed by atoms with E-state index in [1.807, 2.05) is 19.1 Å². The van der Waals surface area contributed by atoms with E-state index in [0.29, 0.717) is 24.3 Å². The van der Waals surface area contributed by atoms with E-state index in [4.69, 9.17) is 9.47 Å². The van der Waals surface area contributed by atoms with Gasteiger partial charge in [-0.25, -0.2) is 9.37 Å². The molecular formula is C21H27FN4O2. The van der Waals surface area contributed by atoms with Crippen LogP contribution in [-0.4, -0.2) is 48.7 Å². The van der Waals surface area contributed by atoms with E-state index in [9.17, 15) is 4.39 Å². The van der Waals surface area contributed by atoms with Crippen molar-refractivity contribution in [2.24, 2.45) is 4.99 Å². The second-order valence-corrected chi connectivity index (χ2v) is 6.57. The molecule has 2 aromatic rings. The van der Waals surface area contributed by atoms with E-state index in [0.717, 1.165) is 44.1 Å². The quantitative estimate of drug-likeness (QED) is 0.607. The molecule has 1 aromatic heterocycles. The van der Waals surface area contributed by atoms with Crippen LogP contribution in [0.1, 0.15) is 25.3 Å². The summed E-state index contributed by atoms with van der Waals surface area (Å²) in [5.41, 5.74) is 0.872. The van der Waals surface area contributed by atoms with Crippen LogP contribution in [0.4, 0.5) is 4.39 Å². The van der Waals surface area contributed by atoms with Gasteiger partial charge in [-0.15, -0.1) is 0 Å². The summed E-state index contributed by atoms with van der Waals surface area (Å²) in [5.74, 6) is 1.37. The van der Waals surface area contributed by atoms with Crippen LogP contribution in [-0.2, 0) is 11.3 Å². The number of piperidine rings is 1. The van der Waals surface area contributed by atoms with Gasteiger partial charge in [-0.2, -0.15) is 0 Å². The number of pyridine rings is 1. The van der Waals surface area contributed by atoms with Gasteiger partial charge in [0, 0.05) is 51.1 Å². The molecule has 1 aliphatic heterocycles. The van der Waals surface area contributed by atoms with Gasteiger partial charge in [0.1, 0.15) is 11.6 Å². The topological polar surface area (TPSA) is 59.0 Å². The average molecular weight is 386 g/mol. The number of nitrogens with zero attached hydrogens (tertiary/aromatic N) is 3. The molecule has 0 bridgehead atoms. The lowest BCUT2D eigenvalue weighted by Gasteiger charge is -2.34. The van der Waals surface area contributed by atoms with Crippen LogP contribution in [0.15, 0.2) is 47.6 Å². The molecule has 150 valence electrons. The van der Waals surface area contributed by atoms with Crippen molar-refractivity contribution < 1.29 is 13.9 Å². The fourth-order valence-corrected chi connectivity index (χ4v) is 3.27. The van der Waals surface area contributed by atoms with Gasteiger partial charge in [-0.05, 0) is 38.0 Å². The third-order valence-electron chi connectivity index (χ3n) is 4.65. The maximum Gasteiger partial charge on any atom is 0.224 e. The lowest BCUT2D eigenvalue weighted by atomic mass is 10.1. The lowest BCUT2D eigenvalue weighted by Crippen LogP contribution is -2.46. The Morgan fingerprint density at radius 1 is 1.29 bits per heavy atom. The van der Waals surface area contributed by atoms with Crippen molar-refractivity contribution in [2.75, 3.05) is 26.7 Å². The number of guanidine groups is 1. The van der Waals surface area contributed by atoms with Crippen LogP contribution in [0.25, 0.3) is 0 Å². The molecule has 1 N–H and O–H groups in total. The highest BCUT2D eigenvalue weighted by Gasteiger charge is 2.21. The van der Waals surface area contributed by atoms with Gasteiger partial charge in [-0.1, -0.05) is 12.1 Å². The zero-order chi connectivity index (χ0) is 19.8. The van der Waals surface area contributed by atoms with Gasteiger partial charge in [0.05, 0.1) is 6.10 Å². The molecule has 1 aromatic carbocycles. The molecular weight excluding hydrogens is 359 g/mol. The summed E-state index contributed by atoms with van der Waals surface area (Å²) in [7, 11) is 1.78. The maximum atomic E-state index is 13.4. The second kappa shape index (κ2) is 10.0. The van der Waals surface area contributed by atoms with E-state index in [1.54, 1.807) is 25.4 Å². The Balaban J connectivity index is 1.61. The summed E-state index contributed by atoms with van der Waals surface area (Å²) in [5, 5.41) is 3.38. The van der Waals surface area contributed by atoms with Crippen molar-refractivity contribution in [1.29, 1.82) is 0 Å². The van der Waals surface area contributed by atoms with E-state index in [1.165, 1.54) is 12.1 Å². The van der Waals surface area contributed by atoms with Crippen LogP contribution in [0.3, 0.4) is 0 Å². The molecule has 2 heterocycles. The number of halogens is 1. The van der Waals surface area contributed by atoms with E-state index in [-0.39, 0.29) is 5.82 Å². The number of likely N-dealkylation sites (tertiary alicyclic amines) is 1. The summed E-state index contributed by atoms with van der Waals surface area (Å²) >= 11 is 0. The Morgan fingerprint density at radius 3 is 2.82 bits per heavy atom. The van der Waals surface area contributed by atoms with Gasteiger partial charge in [-0.3, -0.25) is 4.99 Å². The normalized spacial score (nSPS) is 15.5. The van der Waals surface area contributed by atoms with E-state index in [2.05, 4.69) is 20.2 Å². The minimum atomic E-state index is -0.344. The maximum absolute atomic E-state index is 13.4. The monoisotopic (exact) mass is 386 g/mol. The number of benzene rings is 1. The zero-order valence-electron chi connectivity index (χ0n) is 16.4. The first-order chi connectivity index (χ1) is 13.7. The van der Waals surface area contributed by atoms with Gasteiger partial charge in [0.2, 0.25) is 5.88 Å². The Bertz CT molecular complexity index is 791. The second-order valence-electron chi connectivity index (χ2n) is 6.57. The smallest absolute Gasteiger partial charge is 0.224 e. The van der Waals surface area contributed by atoms with Gasteiger partial charge >= 0.3 is 0 Å². The predicted octanol–water partition coefficient (Wildman–Crippen LogP) is 3.59. The van der Waals surface area contributed by atoms with Crippen LogP contribution in [0, 0.1) is 5.82 Å². The first-order valence-electron chi connectivity index (χ1n) is 9.64. The van der Waals surface area contributed by atoms with Crippen LogP contribution >= 0.6 is 0 Å². The first kappa shape index (κ1) is 20.1. The van der Waals surface area contributed by atoms with Crippen molar-refractivity contribution in [2.45, 2.75) is 32.4 Å². The fraction of sp³-hybridized carbons (Fsp3) is 0.429. The average Bonchev–Trinajstić information content (AvgIpc) is 2.71. The highest BCUT2D eigenvalue weighted by Crippen LogP contribution is 2.23. The largest absolute Gasteiger partial charge is 0.439 e. The summed E-state index contributed by atoms with van der Waals surface area (Å²) in [4.78, 5) is 10.9. The predicted molar refractivity (Wildman–Crippen MR) is 107 cm³/mol. The molecule has 0 radical (unpaired) electrons. The Morgan fingerprint density at radius 2 is 2.11 bits per heavy atom. The molecule has 1 saturated heterocycles. The molecule has 6 nitrogen and oxygen atoms in total. The highest BCUT2D eigenvalue weighted by atomic mass is 19.1. The number of rotatable bonds is 6. The molecule has 1 aliphatic rings. The van der Waals surface area contributed by atoms with Gasteiger partial charge < -0.3 is 19.7 Å². The van der Waals surface area contributed by atoms with E-state index < -0.39 is 0 Å². The SMILES string of the molecule is CCOC1CCN(C(=NC)NCc2cccnc2Oc2cccc(F)c2)CC1. The number of ether oxygens (including phenoxy) is 2. The minimum absolute atomic E-state index is 0.337. The fourth-order valence-electron chi connectivity index (χ4n) is 3.27. The van der Waals surface area contributed by atoms with Crippen LogP contribution in [0.2, 0.25) is 0 Å². The van der Waals surface area contributed by atoms with Gasteiger partial charge in [0.15, 0.2) is 5.96 Å². The zero-order valence-corrected chi connectivity index (χ0v) is 16.4. The number of aromatic nitrogens is 1. The van der Waals surface area contributed by atoms with Crippen LogP contribution < -0.4 is 10.1 Å². The summed E-state index contributed by atoms with van der Waals surface area (Å²) in [6.45, 7) is 5.11. The van der Waals surface area contributed by atoms with Gasteiger partial charge in [0.25, 0.3) is 0 Å². The molecule has 0 amide bonds. The molecule has 0 spiro atoms. The van der Waals surface area contributed by atoms with Crippen LogP contribution in [0.5, 0.6) is 11.6 Å². The molecule has 3 rings (SSSR count). The van der Waals surface area contributed by atoms with Crippen molar-refractivity contribution >= 4 is 5.96 Å². The molecule has 0 atom stereocenters. The Hall–Kier alpha value is -2.67. The molecule has 0 aliphatic carbocycles. The number of aliphatic imine (C=N–C) groups is 1. The lowest BCUT2D eigenvalue weighted by molar-refractivity contribution is 0.0263.